The van der Waals surface area contributed by atoms with Crippen molar-refractivity contribution >= 4 is 0 Å². The number of likely N-dealkylation sites (tertiary alicyclic amines) is 1. The molecule has 1 saturated heterocycles. The van der Waals surface area contributed by atoms with E-state index in [1.807, 2.05) is 0 Å². The van der Waals surface area contributed by atoms with Crippen molar-refractivity contribution in [2.45, 2.75) is 46.2 Å². The predicted molar refractivity (Wildman–Crippen MR) is 59.3 cm³/mol. The van der Waals surface area contributed by atoms with Gasteiger partial charge < -0.3 is 0 Å². The van der Waals surface area contributed by atoms with Crippen LogP contribution < -0.4 is 0 Å². The molecule has 16 heavy (non-hydrogen) atoms. The van der Waals surface area contributed by atoms with Gasteiger partial charge in [0.05, 0.1) is 6.54 Å². The molecule has 96 valence electrons. The van der Waals surface area contributed by atoms with Gasteiger partial charge in [0.1, 0.15) is 0 Å². The molecule has 0 atom stereocenters. The molecule has 0 saturated carbocycles. The summed E-state index contributed by atoms with van der Waals surface area (Å²) in [5.41, 5.74) is 0.289. The van der Waals surface area contributed by atoms with Crippen molar-refractivity contribution in [2.75, 3.05) is 19.6 Å². The molecule has 0 aromatic rings. The molecular formula is C12H22F3N. The van der Waals surface area contributed by atoms with E-state index >= 15 is 0 Å². The first-order chi connectivity index (χ1) is 7.16. The van der Waals surface area contributed by atoms with Crippen LogP contribution in [0.5, 0.6) is 0 Å². The third-order valence-corrected chi connectivity index (χ3v) is 3.01. The summed E-state index contributed by atoms with van der Waals surface area (Å²) in [7, 11) is 0. The molecule has 1 aliphatic rings. The van der Waals surface area contributed by atoms with Gasteiger partial charge in [-0.3, -0.25) is 4.90 Å². The monoisotopic (exact) mass is 237 g/mol. The molecule has 0 aliphatic carbocycles. The first kappa shape index (κ1) is 13.8. The van der Waals surface area contributed by atoms with Gasteiger partial charge in [-0.25, -0.2) is 0 Å². The van der Waals surface area contributed by atoms with Gasteiger partial charge in [-0.1, -0.05) is 20.8 Å². The van der Waals surface area contributed by atoms with Crippen LogP contribution in [0, 0.1) is 11.3 Å². The van der Waals surface area contributed by atoms with Crippen molar-refractivity contribution in [3.8, 4) is 0 Å². The maximum Gasteiger partial charge on any atom is 0.401 e. The van der Waals surface area contributed by atoms with E-state index in [4.69, 9.17) is 0 Å². The van der Waals surface area contributed by atoms with Crippen molar-refractivity contribution in [2.24, 2.45) is 11.3 Å². The minimum absolute atomic E-state index is 0.289. The lowest BCUT2D eigenvalue weighted by molar-refractivity contribution is -0.148. The van der Waals surface area contributed by atoms with Crippen LogP contribution in [-0.2, 0) is 0 Å². The number of nitrogens with zero attached hydrogens (tertiary/aromatic N) is 1. The fourth-order valence-corrected chi connectivity index (χ4v) is 2.47. The van der Waals surface area contributed by atoms with Crippen LogP contribution in [0.25, 0.3) is 0 Å². The van der Waals surface area contributed by atoms with Gasteiger partial charge in [0.25, 0.3) is 0 Å². The summed E-state index contributed by atoms with van der Waals surface area (Å²) in [5, 5.41) is 0. The maximum atomic E-state index is 12.2. The minimum atomic E-state index is -4.04. The predicted octanol–water partition coefficient (Wildman–Crippen LogP) is 3.70. The molecule has 1 heterocycles. The number of hydrogen-bond donors (Lipinski definition) is 0. The van der Waals surface area contributed by atoms with Crippen LogP contribution >= 0.6 is 0 Å². The summed E-state index contributed by atoms with van der Waals surface area (Å²) in [6.07, 6.45) is -1.11. The zero-order chi connectivity index (χ0) is 12.4. The molecule has 1 nitrogen and oxygen atoms in total. The second kappa shape index (κ2) is 4.94. The summed E-state index contributed by atoms with van der Waals surface area (Å²) in [6, 6.07) is 0. The van der Waals surface area contributed by atoms with Gasteiger partial charge in [0.15, 0.2) is 0 Å². The first-order valence-corrected chi connectivity index (χ1v) is 5.95. The Labute approximate surface area is 96.0 Å². The smallest absolute Gasteiger partial charge is 0.295 e. The molecule has 0 bridgehead atoms. The van der Waals surface area contributed by atoms with Crippen LogP contribution in [0.15, 0.2) is 0 Å². The van der Waals surface area contributed by atoms with Crippen LogP contribution in [0.2, 0.25) is 0 Å². The lowest BCUT2D eigenvalue weighted by Gasteiger charge is -2.35. The lowest BCUT2D eigenvalue weighted by Crippen LogP contribution is -2.40. The second-order valence-electron chi connectivity index (χ2n) is 6.10. The maximum absolute atomic E-state index is 12.2. The molecule has 0 spiro atoms. The van der Waals surface area contributed by atoms with E-state index in [2.05, 4.69) is 20.8 Å². The van der Waals surface area contributed by atoms with E-state index < -0.39 is 12.7 Å². The molecule has 1 aliphatic heterocycles. The molecule has 1 fully saturated rings. The number of halogens is 3. The van der Waals surface area contributed by atoms with Gasteiger partial charge in [0.2, 0.25) is 0 Å². The van der Waals surface area contributed by atoms with Crippen LogP contribution in [-0.4, -0.2) is 30.7 Å². The van der Waals surface area contributed by atoms with Gasteiger partial charge >= 0.3 is 6.18 Å². The van der Waals surface area contributed by atoms with Crippen LogP contribution in [0.4, 0.5) is 13.2 Å². The van der Waals surface area contributed by atoms with Crippen molar-refractivity contribution in [1.82, 2.24) is 4.90 Å². The van der Waals surface area contributed by atoms with Crippen molar-refractivity contribution in [3.63, 3.8) is 0 Å². The molecule has 0 radical (unpaired) electrons. The number of rotatable bonds is 2. The average Bonchev–Trinajstić information content (AvgIpc) is 2.03. The van der Waals surface area contributed by atoms with Gasteiger partial charge in [0, 0.05) is 0 Å². The SMILES string of the molecule is CC(C)(C)CC1CCN(CC(F)(F)F)CC1. The normalized spacial score (nSPS) is 21.4. The zero-order valence-corrected chi connectivity index (χ0v) is 10.4. The van der Waals surface area contributed by atoms with Crippen molar-refractivity contribution in [1.29, 1.82) is 0 Å². The molecule has 0 unspecified atom stereocenters. The molecule has 4 heteroatoms. The third-order valence-electron chi connectivity index (χ3n) is 3.01. The molecule has 1 rings (SSSR count). The van der Waals surface area contributed by atoms with Gasteiger partial charge in [-0.15, -0.1) is 0 Å². The van der Waals surface area contributed by atoms with E-state index in [9.17, 15) is 13.2 Å². The van der Waals surface area contributed by atoms with E-state index in [0.717, 1.165) is 19.3 Å². The van der Waals surface area contributed by atoms with E-state index in [1.54, 1.807) is 0 Å². The quantitative estimate of drug-likeness (QED) is 0.708. The molecule has 0 amide bonds. The number of piperidine rings is 1. The zero-order valence-electron chi connectivity index (χ0n) is 10.4. The Balaban J connectivity index is 2.29. The summed E-state index contributed by atoms with van der Waals surface area (Å²) in [5.74, 6) is 0.601. The van der Waals surface area contributed by atoms with Crippen molar-refractivity contribution < 1.29 is 13.2 Å². The lowest BCUT2D eigenvalue weighted by atomic mass is 9.80. The topological polar surface area (TPSA) is 3.24 Å². The minimum Gasteiger partial charge on any atom is -0.295 e. The largest absolute Gasteiger partial charge is 0.401 e. The summed E-state index contributed by atoms with van der Waals surface area (Å²) in [4.78, 5) is 1.53. The Morgan fingerprint density at radius 1 is 1.06 bits per heavy atom. The fourth-order valence-electron chi connectivity index (χ4n) is 2.47. The second-order valence-corrected chi connectivity index (χ2v) is 6.10. The molecular weight excluding hydrogens is 215 g/mol. The fraction of sp³-hybridized carbons (Fsp3) is 1.00. The third kappa shape index (κ3) is 5.73. The highest BCUT2D eigenvalue weighted by Crippen LogP contribution is 2.31. The summed E-state index contributed by atoms with van der Waals surface area (Å²) < 4.78 is 36.5. The molecule has 0 aromatic carbocycles. The summed E-state index contributed by atoms with van der Waals surface area (Å²) >= 11 is 0. The Kier molecular flexibility index (Phi) is 4.27. The van der Waals surface area contributed by atoms with E-state index in [1.165, 1.54) is 4.90 Å². The Morgan fingerprint density at radius 3 is 1.94 bits per heavy atom. The molecule has 0 N–H and O–H groups in total. The van der Waals surface area contributed by atoms with Gasteiger partial charge in [-0.05, 0) is 43.7 Å². The first-order valence-electron chi connectivity index (χ1n) is 5.95. The van der Waals surface area contributed by atoms with E-state index in [0.29, 0.717) is 19.0 Å². The van der Waals surface area contributed by atoms with Crippen LogP contribution in [0.3, 0.4) is 0 Å². The van der Waals surface area contributed by atoms with Gasteiger partial charge in [-0.2, -0.15) is 13.2 Å². The summed E-state index contributed by atoms with van der Waals surface area (Å²) in [6.45, 7) is 7.02. The van der Waals surface area contributed by atoms with Crippen LogP contribution in [0.1, 0.15) is 40.0 Å². The van der Waals surface area contributed by atoms with E-state index in [-0.39, 0.29) is 5.41 Å². The molecule has 0 aromatic heterocycles. The Bertz CT molecular complexity index is 185. The average molecular weight is 237 g/mol. The Hall–Kier alpha value is -0.250. The Morgan fingerprint density at radius 2 is 1.56 bits per heavy atom. The number of hydrogen-bond acceptors (Lipinski definition) is 1. The highest BCUT2D eigenvalue weighted by Gasteiger charge is 2.33. The highest BCUT2D eigenvalue weighted by atomic mass is 19.4. The number of alkyl halides is 3. The van der Waals surface area contributed by atoms with Crippen molar-refractivity contribution in [3.05, 3.63) is 0 Å². The standard InChI is InChI=1S/C12H22F3N/c1-11(2,3)8-10-4-6-16(7-5-10)9-12(13,14)15/h10H,4-9H2,1-3H3. The highest BCUT2D eigenvalue weighted by molar-refractivity contribution is 4.77.